The molecule has 2 aromatic rings. The van der Waals surface area contributed by atoms with Crippen LogP contribution in [0.3, 0.4) is 0 Å². The highest BCUT2D eigenvalue weighted by Gasteiger charge is 2.27. The number of non-ortho nitro benzene ring substituents is 1. The molecule has 2 aromatic carbocycles. The van der Waals surface area contributed by atoms with Gasteiger partial charge in [0.15, 0.2) is 0 Å². The molecule has 0 aromatic heterocycles. The summed E-state index contributed by atoms with van der Waals surface area (Å²) in [6.07, 6.45) is 1.53. The molecule has 0 amide bonds. The summed E-state index contributed by atoms with van der Waals surface area (Å²) in [6.45, 7) is 3.91. The molecule has 0 saturated carbocycles. The van der Waals surface area contributed by atoms with E-state index < -0.39 is 14.9 Å². The predicted molar refractivity (Wildman–Crippen MR) is 109 cm³/mol. The molecule has 0 aliphatic carbocycles. The van der Waals surface area contributed by atoms with E-state index in [2.05, 4.69) is 26.5 Å². The Morgan fingerprint density at radius 3 is 2.48 bits per heavy atom. The SMILES string of the molecule is CCN(CC)S(=O)(=O)c1cc([N+](=O)[O-])ccc1N/N=C/c1ccccc1Br. The Balaban J connectivity index is 2.44. The molecule has 10 heteroatoms. The first-order valence-corrected chi connectivity index (χ1v) is 10.4. The van der Waals surface area contributed by atoms with Crippen molar-refractivity contribution < 1.29 is 13.3 Å². The number of benzene rings is 2. The lowest BCUT2D eigenvalue weighted by Gasteiger charge is -2.20. The molecule has 0 atom stereocenters. The number of rotatable bonds is 8. The summed E-state index contributed by atoms with van der Waals surface area (Å²) in [5.41, 5.74) is 3.33. The van der Waals surface area contributed by atoms with Crippen molar-refractivity contribution in [3.8, 4) is 0 Å². The number of nitrogens with zero attached hydrogens (tertiary/aromatic N) is 3. The van der Waals surface area contributed by atoms with Gasteiger partial charge < -0.3 is 0 Å². The van der Waals surface area contributed by atoms with E-state index in [4.69, 9.17) is 0 Å². The molecule has 0 fully saturated rings. The fourth-order valence-corrected chi connectivity index (χ4v) is 4.39. The highest BCUT2D eigenvalue weighted by molar-refractivity contribution is 9.10. The molecule has 0 bridgehead atoms. The number of nitro groups is 1. The Kier molecular flexibility index (Phi) is 7.05. The molecule has 0 unspecified atom stereocenters. The van der Waals surface area contributed by atoms with Gasteiger partial charge in [0, 0.05) is 35.3 Å². The number of nitrogens with one attached hydrogen (secondary N) is 1. The van der Waals surface area contributed by atoms with Crippen LogP contribution in [0.4, 0.5) is 11.4 Å². The smallest absolute Gasteiger partial charge is 0.270 e. The fourth-order valence-electron chi connectivity index (χ4n) is 2.38. The van der Waals surface area contributed by atoms with Crippen molar-refractivity contribution in [1.82, 2.24) is 4.31 Å². The Hall–Kier alpha value is -2.30. The zero-order chi connectivity index (χ0) is 20.0. The Morgan fingerprint density at radius 1 is 1.22 bits per heavy atom. The third-order valence-electron chi connectivity index (χ3n) is 3.79. The first kappa shape index (κ1) is 21.0. The van der Waals surface area contributed by atoms with Crippen LogP contribution >= 0.6 is 15.9 Å². The van der Waals surface area contributed by atoms with Gasteiger partial charge in [-0.05, 0) is 12.1 Å². The van der Waals surface area contributed by atoms with Crippen LogP contribution in [-0.2, 0) is 10.0 Å². The quantitative estimate of drug-likeness (QED) is 0.370. The van der Waals surface area contributed by atoms with Crippen molar-refractivity contribution in [2.75, 3.05) is 18.5 Å². The number of sulfonamides is 1. The summed E-state index contributed by atoms with van der Waals surface area (Å²) >= 11 is 3.40. The molecule has 0 aliphatic heterocycles. The van der Waals surface area contributed by atoms with Gasteiger partial charge in [-0.3, -0.25) is 15.5 Å². The summed E-state index contributed by atoms with van der Waals surface area (Å²) in [7, 11) is -3.91. The molecule has 27 heavy (non-hydrogen) atoms. The average Bonchev–Trinajstić information content (AvgIpc) is 2.64. The summed E-state index contributed by atoms with van der Waals surface area (Å²) in [5.74, 6) is 0. The molecule has 144 valence electrons. The summed E-state index contributed by atoms with van der Waals surface area (Å²) in [4.78, 5) is 10.3. The maximum Gasteiger partial charge on any atom is 0.270 e. The van der Waals surface area contributed by atoms with Gasteiger partial charge in [0.05, 0.1) is 16.8 Å². The van der Waals surface area contributed by atoms with E-state index in [9.17, 15) is 18.5 Å². The third-order valence-corrected chi connectivity index (χ3v) is 6.61. The van der Waals surface area contributed by atoms with Crippen molar-refractivity contribution in [1.29, 1.82) is 0 Å². The van der Waals surface area contributed by atoms with E-state index in [-0.39, 0.29) is 29.4 Å². The maximum atomic E-state index is 12.9. The van der Waals surface area contributed by atoms with E-state index in [1.54, 1.807) is 13.8 Å². The molecular formula is C17H19BrN4O4S. The van der Waals surface area contributed by atoms with E-state index in [0.29, 0.717) is 0 Å². The van der Waals surface area contributed by atoms with Gasteiger partial charge in [-0.1, -0.05) is 48.0 Å². The molecule has 0 heterocycles. The number of halogens is 1. The lowest BCUT2D eigenvalue weighted by Crippen LogP contribution is -2.31. The second-order valence-corrected chi connectivity index (χ2v) is 8.18. The lowest BCUT2D eigenvalue weighted by molar-refractivity contribution is -0.385. The minimum Gasteiger partial charge on any atom is -0.277 e. The second-order valence-electron chi connectivity index (χ2n) is 5.42. The first-order valence-electron chi connectivity index (χ1n) is 8.13. The van der Waals surface area contributed by atoms with Crippen molar-refractivity contribution >= 4 is 43.5 Å². The Morgan fingerprint density at radius 2 is 1.89 bits per heavy atom. The number of hydrogen-bond acceptors (Lipinski definition) is 6. The van der Waals surface area contributed by atoms with Crippen LogP contribution in [0.15, 0.2) is 56.9 Å². The van der Waals surface area contributed by atoms with Crippen LogP contribution < -0.4 is 5.43 Å². The van der Waals surface area contributed by atoms with Crippen molar-refractivity contribution in [3.63, 3.8) is 0 Å². The number of anilines is 1. The average molecular weight is 455 g/mol. The predicted octanol–water partition coefficient (Wildman–Crippen LogP) is 3.83. The topological polar surface area (TPSA) is 105 Å². The molecule has 1 N–H and O–H groups in total. The number of hydrogen-bond donors (Lipinski definition) is 1. The van der Waals surface area contributed by atoms with Crippen LogP contribution in [-0.4, -0.2) is 37.0 Å². The van der Waals surface area contributed by atoms with Gasteiger partial charge in [0.25, 0.3) is 5.69 Å². The van der Waals surface area contributed by atoms with Gasteiger partial charge in [-0.2, -0.15) is 9.41 Å². The van der Waals surface area contributed by atoms with Crippen molar-refractivity contribution in [3.05, 3.63) is 62.6 Å². The van der Waals surface area contributed by atoms with E-state index >= 15 is 0 Å². The molecule has 0 spiro atoms. The second kappa shape index (κ2) is 9.07. The Labute approximate surface area is 166 Å². The Bertz CT molecular complexity index is 959. The van der Waals surface area contributed by atoms with Gasteiger partial charge in [0.1, 0.15) is 4.90 Å². The zero-order valence-electron chi connectivity index (χ0n) is 14.8. The minimum absolute atomic E-state index is 0.163. The molecule has 2 rings (SSSR count). The van der Waals surface area contributed by atoms with Gasteiger partial charge in [-0.25, -0.2) is 8.42 Å². The molecular weight excluding hydrogens is 436 g/mol. The highest BCUT2D eigenvalue weighted by atomic mass is 79.9. The van der Waals surface area contributed by atoms with Crippen LogP contribution in [0.25, 0.3) is 0 Å². The van der Waals surface area contributed by atoms with Crippen molar-refractivity contribution in [2.45, 2.75) is 18.7 Å². The maximum absolute atomic E-state index is 12.9. The lowest BCUT2D eigenvalue weighted by atomic mass is 10.2. The molecule has 8 nitrogen and oxygen atoms in total. The largest absolute Gasteiger partial charge is 0.277 e. The van der Waals surface area contributed by atoms with E-state index in [0.717, 1.165) is 16.1 Å². The zero-order valence-corrected chi connectivity index (χ0v) is 17.2. The number of nitro benzene ring substituents is 1. The van der Waals surface area contributed by atoms with Gasteiger partial charge in [-0.15, -0.1) is 0 Å². The van der Waals surface area contributed by atoms with Gasteiger partial charge in [0.2, 0.25) is 10.0 Å². The van der Waals surface area contributed by atoms with Crippen LogP contribution in [0, 0.1) is 10.1 Å². The minimum atomic E-state index is -3.91. The molecule has 0 radical (unpaired) electrons. The third kappa shape index (κ3) is 4.90. The summed E-state index contributed by atoms with van der Waals surface area (Å²) in [5, 5.41) is 15.2. The summed E-state index contributed by atoms with van der Waals surface area (Å²) < 4.78 is 27.8. The van der Waals surface area contributed by atoms with Crippen molar-refractivity contribution in [2.24, 2.45) is 5.10 Å². The molecule has 0 aliphatic rings. The van der Waals surface area contributed by atoms with E-state index in [1.165, 1.54) is 22.7 Å². The highest BCUT2D eigenvalue weighted by Crippen LogP contribution is 2.29. The van der Waals surface area contributed by atoms with Crippen LogP contribution in [0.1, 0.15) is 19.4 Å². The van der Waals surface area contributed by atoms with Crippen LogP contribution in [0.5, 0.6) is 0 Å². The van der Waals surface area contributed by atoms with Gasteiger partial charge >= 0.3 is 0 Å². The normalized spacial score (nSPS) is 11.9. The number of hydrazone groups is 1. The summed E-state index contributed by atoms with van der Waals surface area (Å²) in [6, 6.07) is 11.0. The molecule has 0 saturated heterocycles. The fraction of sp³-hybridized carbons (Fsp3) is 0.235. The first-order chi connectivity index (χ1) is 12.8. The van der Waals surface area contributed by atoms with Crippen LogP contribution in [0.2, 0.25) is 0 Å². The monoisotopic (exact) mass is 454 g/mol. The van der Waals surface area contributed by atoms with E-state index in [1.807, 2.05) is 24.3 Å². The standard InChI is InChI=1S/C17H19BrN4O4S/c1-3-21(4-2)27(25,26)17-11-14(22(23)24)9-10-16(17)20-19-12-13-7-5-6-8-15(13)18/h5-12,20H,3-4H2,1-2H3/b19-12+.